The Bertz CT molecular complexity index is 847. The van der Waals surface area contributed by atoms with Crippen LogP contribution in [0.4, 0.5) is 10.5 Å². The SMILES string of the molecule is COc1ccc(NC(=O)N(CCc2cccs2)Cc2ccco2)c(OC)c1. The van der Waals surface area contributed by atoms with Gasteiger partial charge in [0, 0.05) is 17.5 Å². The van der Waals surface area contributed by atoms with Crippen molar-refractivity contribution < 1.29 is 18.7 Å². The zero-order valence-corrected chi connectivity index (χ0v) is 16.1. The highest BCUT2D eigenvalue weighted by Crippen LogP contribution is 2.29. The lowest BCUT2D eigenvalue weighted by Gasteiger charge is -2.22. The molecule has 2 heterocycles. The fraction of sp³-hybridized carbons (Fsp3) is 0.250. The van der Waals surface area contributed by atoms with Crippen LogP contribution < -0.4 is 14.8 Å². The van der Waals surface area contributed by atoms with Crippen molar-refractivity contribution in [2.45, 2.75) is 13.0 Å². The van der Waals surface area contributed by atoms with E-state index in [1.54, 1.807) is 54.9 Å². The molecular formula is C20H22N2O4S. The minimum Gasteiger partial charge on any atom is -0.497 e. The number of rotatable bonds is 8. The van der Waals surface area contributed by atoms with E-state index < -0.39 is 0 Å². The number of ether oxygens (including phenoxy) is 2. The molecule has 0 spiro atoms. The minimum atomic E-state index is -0.216. The first-order valence-electron chi connectivity index (χ1n) is 8.52. The van der Waals surface area contributed by atoms with Crippen LogP contribution >= 0.6 is 11.3 Å². The lowest BCUT2D eigenvalue weighted by atomic mass is 10.2. The average molecular weight is 386 g/mol. The van der Waals surface area contributed by atoms with Crippen LogP contribution in [0.2, 0.25) is 0 Å². The molecule has 2 aromatic heterocycles. The van der Waals surface area contributed by atoms with E-state index in [2.05, 4.69) is 11.4 Å². The summed E-state index contributed by atoms with van der Waals surface area (Å²) >= 11 is 1.68. The molecule has 1 aromatic carbocycles. The van der Waals surface area contributed by atoms with Crippen LogP contribution in [0.1, 0.15) is 10.6 Å². The van der Waals surface area contributed by atoms with Gasteiger partial charge in [0.05, 0.1) is 32.7 Å². The predicted octanol–water partition coefficient (Wildman–Crippen LogP) is 4.64. The molecule has 0 saturated carbocycles. The summed E-state index contributed by atoms with van der Waals surface area (Å²) in [4.78, 5) is 15.9. The third-order valence-corrected chi connectivity index (χ3v) is 5.01. The first-order valence-corrected chi connectivity index (χ1v) is 9.40. The molecule has 0 aliphatic carbocycles. The number of methoxy groups -OCH3 is 2. The molecule has 142 valence electrons. The topological polar surface area (TPSA) is 63.9 Å². The highest BCUT2D eigenvalue weighted by atomic mass is 32.1. The summed E-state index contributed by atoms with van der Waals surface area (Å²) in [7, 11) is 3.14. The molecule has 6 nitrogen and oxygen atoms in total. The van der Waals surface area contributed by atoms with E-state index in [-0.39, 0.29) is 6.03 Å². The fourth-order valence-corrected chi connectivity index (χ4v) is 3.34. The van der Waals surface area contributed by atoms with Gasteiger partial charge in [-0.05, 0) is 42.1 Å². The molecule has 0 fully saturated rings. The molecule has 0 unspecified atom stereocenters. The molecule has 7 heteroatoms. The van der Waals surface area contributed by atoms with E-state index in [0.717, 1.165) is 12.2 Å². The van der Waals surface area contributed by atoms with Crippen LogP contribution in [-0.4, -0.2) is 31.7 Å². The summed E-state index contributed by atoms with van der Waals surface area (Å²) in [6.45, 7) is 0.966. The molecule has 3 aromatic rings. The normalized spacial score (nSPS) is 10.4. The minimum absolute atomic E-state index is 0.216. The standard InChI is InChI=1S/C20H22N2O4S/c1-24-15-7-8-18(19(13-15)25-2)21-20(23)22(14-16-5-3-11-26-16)10-9-17-6-4-12-27-17/h3-8,11-13H,9-10,14H2,1-2H3,(H,21,23). The van der Waals surface area contributed by atoms with Gasteiger partial charge in [-0.2, -0.15) is 0 Å². The monoisotopic (exact) mass is 386 g/mol. The average Bonchev–Trinajstić information content (AvgIpc) is 3.39. The van der Waals surface area contributed by atoms with Crippen LogP contribution in [0.5, 0.6) is 11.5 Å². The lowest BCUT2D eigenvalue weighted by molar-refractivity contribution is 0.205. The smallest absolute Gasteiger partial charge is 0.322 e. The molecule has 1 N–H and O–H groups in total. The van der Waals surface area contributed by atoms with Gasteiger partial charge in [0.2, 0.25) is 0 Å². The maximum Gasteiger partial charge on any atom is 0.322 e. The Balaban J connectivity index is 1.73. The van der Waals surface area contributed by atoms with Crippen molar-refractivity contribution in [3.05, 3.63) is 64.7 Å². The first-order chi connectivity index (χ1) is 13.2. The molecule has 27 heavy (non-hydrogen) atoms. The van der Waals surface area contributed by atoms with Gasteiger partial charge >= 0.3 is 6.03 Å². The molecule has 2 amide bonds. The molecule has 0 aliphatic heterocycles. The van der Waals surface area contributed by atoms with Crippen LogP contribution in [-0.2, 0) is 13.0 Å². The number of carbonyl (C=O) groups excluding carboxylic acids is 1. The third kappa shape index (κ3) is 5.04. The van der Waals surface area contributed by atoms with Crippen molar-refractivity contribution in [2.75, 3.05) is 26.1 Å². The van der Waals surface area contributed by atoms with E-state index in [1.807, 2.05) is 23.6 Å². The highest BCUT2D eigenvalue weighted by molar-refractivity contribution is 7.09. The summed E-state index contributed by atoms with van der Waals surface area (Å²) in [5.41, 5.74) is 0.587. The number of nitrogens with zero attached hydrogens (tertiary/aromatic N) is 1. The number of urea groups is 1. The van der Waals surface area contributed by atoms with Crippen LogP contribution in [0.15, 0.2) is 58.5 Å². The van der Waals surface area contributed by atoms with E-state index >= 15 is 0 Å². The first kappa shape index (κ1) is 18.8. The van der Waals surface area contributed by atoms with Gasteiger partial charge in [-0.25, -0.2) is 4.79 Å². The van der Waals surface area contributed by atoms with E-state index in [1.165, 1.54) is 4.88 Å². The number of anilines is 1. The second kappa shape index (κ2) is 9.14. The molecule has 0 aliphatic rings. The van der Waals surface area contributed by atoms with Crippen LogP contribution in [0, 0.1) is 0 Å². The number of hydrogen-bond donors (Lipinski definition) is 1. The quantitative estimate of drug-likeness (QED) is 0.613. The van der Waals surface area contributed by atoms with Crippen molar-refractivity contribution in [3.63, 3.8) is 0 Å². The van der Waals surface area contributed by atoms with Gasteiger partial charge in [0.25, 0.3) is 0 Å². The number of benzene rings is 1. The maximum atomic E-state index is 12.9. The summed E-state index contributed by atoms with van der Waals surface area (Å²) < 4.78 is 16.0. The van der Waals surface area contributed by atoms with Crippen molar-refractivity contribution in [1.82, 2.24) is 4.90 Å². The highest BCUT2D eigenvalue weighted by Gasteiger charge is 2.18. The molecule has 0 atom stereocenters. The van der Waals surface area contributed by atoms with Crippen molar-refractivity contribution in [3.8, 4) is 11.5 Å². The number of hydrogen-bond acceptors (Lipinski definition) is 5. The number of furan rings is 1. The Hall–Kier alpha value is -2.93. The van der Waals surface area contributed by atoms with Crippen LogP contribution in [0.25, 0.3) is 0 Å². The van der Waals surface area contributed by atoms with E-state index in [0.29, 0.717) is 30.3 Å². The van der Waals surface area contributed by atoms with Gasteiger partial charge < -0.3 is 24.1 Å². The molecule has 0 bridgehead atoms. The van der Waals surface area contributed by atoms with E-state index in [4.69, 9.17) is 13.9 Å². The van der Waals surface area contributed by atoms with Gasteiger partial charge in [-0.15, -0.1) is 11.3 Å². The Morgan fingerprint density at radius 1 is 1.19 bits per heavy atom. The molecule has 3 rings (SSSR count). The Kier molecular flexibility index (Phi) is 6.38. The van der Waals surface area contributed by atoms with Crippen molar-refractivity contribution in [1.29, 1.82) is 0 Å². The largest absolute Gasteiger partial charge is 0.497 e. The second-order valence-electron chi connectivity index (χ2n) is 5.83. The van der Waals surface area contributed by atoms with Gasteiger partial charge in [-0.1, -0.05) is 6.07 Å². The zero-order chi connectivity index (χ0) is 19.1. The molecule has 0 saturated heterocycles. The van der Waals surface area contributed by atoms with E-state index in [9.17, 15) is 4.79 Å². The number of nitrogens with one attached hydrogen (secondary N) is 1. The summed E-state index contributed by atoms with van der Waals surface area (Å²) in [5.74, 6) is 1.94. The summed E-state index contributed by atoms with van der Waals surface area (Å²) in [6, 6.07) is 12.8. The fourth-order valence-electron chi connectivity index (χ4n) is 2.64. The third-order valence-electron chi connectivity index (χ3n) is 4.07. The lowest BCUT2D eigenvalue weighted by Crippen LogP contribution is -2.36. The zero-order valence-electron chi connectivity index (χ0n) is 15.3. The number of thiophene rings is 1. The molecule has 0 radical (unpaired) electrons. The van der Waals surface area contributed by atoms with Crippen LogP contribution in [0.3, 0.4) is 0 Å². The van der Waals surface area contributed by atoms with Crippen molar-refractivity contribution >= 4 is 23.1 Å². The Morgan fingerprint density at radius 2 is 2.07 bits per heavy atom. The van der Waals surface area contributed by atoms with Gasteiger partial charge in [0.15, 0.2) is 0 Å². The number of amides is 2. The summed E-state index contributed by atoms with van der Waals surface area (Å²) in [5, 5.41) is 4.96. The molecular weight excluding hydrogens is 364 g/mol. The van der Waals surface area contributed by atoms with Gasteiger partial charge in [0.1, 0.15) is 17.3 Å². The van der Waals surface area contributed by atoms with Crippen molar-refractivity contribution in [2.24, 2.45) is 0 Å². The van der Waals surface area contributed by atoms with Gasteiger partial charge in [-0.3, -0.25) is 0 Å². The summed E-state index contributed by atoms with van der Waals surface area (Å²) in [6.07, 6.45) is 2.39. The predicted molar refractivity (Wildman–Crippen MR) is 106 cm³/mol. The number of carbonyl (C=O) groups is 1. The maximum absolute atomic E-state index is 12.9. The Labute approximate surface area is 162 Å². The second-order valence-corrected chi connectivity index (χ2v) is 6.86. The Morgan fingerprint density at radius 3 is 2.74 bits per heavy atom.